The van der Waals surface area contributed by atoms with Crippen molar-refractivity contribution < 1.29 is 9.53 Å². The predicted molar refractivity (Wildman–Crippen MR) is 85.9 cm³/mol. The molecule has 23 heavy (non-hydrogen) atoms. The van der Waals surface area contributed by atoms with E-state index >= 15 is 0 Å². The molecule has 0 unspecified atom stereocenters. The van der Waals surface area contributed by atoms with Crippen LogP contribution in [0.15, 0.2) is 12.4 Å². The van der Waals surface area contributed by atoms with Crippen molar-refractivity contribution in [2.24, 2.45) is 5.92 Å². The number of nitrogens with one attached hydrogen (secondary N) is 1. The molecule has 2 saturated heterocycles. The number of piperidine rings is 1. The van der Waals surface area contributed by atoms with E-state index in [4.69, 9.17) is 4.74 Å². The van der Waals surface area contributed by atoms with Gasteiger partial charge in [0.1, 0.15) is 0 Å². The fourth-order valence-corrected chi connectivity index (χ4v) is 3.45. The van der Waals surface area contributed by atoms with E-state index in [0.717, 1.165) is 45.3 Å². The molecule has 1 N–H and O–H groups in total. The summed E-state index contributed by atoms with van der Waals surface area (Å²) in [5, 5.41) is 10.9. The molecule has 2 aliphatic heterocycles. The van der Waals surface area contributed by atoms with Crippen LogP contribution in [0.1, 0.15) is 39.5 Å². The van der Waals surface area contributed by atoms with Crippen LogP contribution in [0.4, 0.5) is 4.79 Å². The lowest BCUT2D eigenvalue weighted by Crippen LogP contribution is -2.46. The first-order chi connectivity index (χ1) is 11.0. The van der Waals surface area contributed by atoms with E-state index < -0.39 is 0 Å². The lowest BCUT2D eigenvalue weighted by molar-refractivity contribution is -0.0136. The molecule has 0 aromatic carbocycles. The molecule has 0 radical (unpaired) electrons. The molecule has 1 aromatic rings. The van der Waals surface area contributed by atoms with Gasteiger partial charge < -0.3 is 15.0 Å². The third-order valence-electron chi connectivity index (χ3n) is 4.85. The number of aromatic nitrogens is 3. The number of rotatable bonds is 4. The molecular formula is C16H27N5O2. The Morgan fingerprint density at radius 2 is 2.13 bits per heavy atom. The van der Waals surface area contributed by atoms with Gasteiger partial charge in [-0.2, -0.15) is 0 Å². The predicted octanol–water partition coefficient (Wildman–Crippen LogP) is 1.66. The smallest absolute Gasteiger partial charge is 0.317 e. The minimum Gasteiger partial charge on any atom is -0.371 e. The third-order valence-corrected chi connectivity index (χ3v) is 4.85. The van der Waals surface area contributed by atoms with Crippen molar-refractivity contribution >= 4 is 6.03 Å². The Balaban J connectivity index is 1.37. The van der Waals surface area contributed by atoms with Crippen LogP contribution in [-0.2, 0) is 11.3 Å². The van der Waals surface area contributed by atoms with Gasteiger partial charge in [-0.1, -0.05) is 5.21 Å². The molecule has 0 bridgehead atoms. The van der Waals surface area contributed by atoms with Crippen molar-refractivity contribution in [3.8, 4) is 0 Å². The Kier molecular flexibility index (Phi) is 4.84. The maximum atomic E-state index is 12.3. The lowest BCUT2D eigenvalue weighted by Gasteiger charge is -2.32. The molecular weight excluding hydrogens is 294 g/mol. The largest absolute Gasteiger partial charge is 0.371 e. The molecule has 0 aliphatic carbocycles. The Hall–Kier alpha value is -1.63. The molecule has 1 atom stereocenters. The minimum absolute atomic E-state index is 0.0394. The second-order valence-corrected chi connectivity index (χ2v) is 7.28. The second-order valence-electron chi connectivity index (χ2n) is 7.28. The molecule has 1 aromatic heterocycles. The number of carbonyl (C=O) groups excluding carboxylic acids is 1. The third kappa shape index (κ3) is 4.43. The van der Waals surface area contributed by atoms with Crippen LogP contribution in [0.25, 0.3) is 0 Å². The fourth-order valence-electron chi connectivity index (χ4n) is 3.45. The summed E-state index contributed by atoms with van der Waals surface area (Å²) in [5.74, 6) is 0.569. The number of likely N-dealkylation sites (tertiary alicyclic amines) is 1. The van der Waals surface area contributed by atoms with Crippen LogP contribution in [0.3, 0.4) is 0 Å². The summed E-state index contributed by atoms with van der Waals surface area (Å²) in [6.07, 6.45) is 7.85. The number of hydrogen-bond acceptors (Lipinski definition) is 4. The summed E-state index contributed by atoms with van der Waals surface area (Å²) in [7, 11) is 0. The van der Waals surface area contributed by atoms with Gasteiger partial charge in [-0.05, 0) is 45.4 Å². The maximum Gasteiger partial charge on any atom is 0.317 e. The summed E-state index contributed by atoms with van der Waals surface area (Å²) in [6, 6.07) is 0.0394. The van der Waals surface area contributed by atoms with Crippen molar-refractivity contribution in [2.75, 3.05) is 19.6 Å². The highest BCUT2D eigenvalue weighted by Gasteiger charge is 2.32. The van der Waals surface area contributed by atoms with Crippen molar-refractivity contribution in [1.82, 2.24) is 25.2 Å². The fraction of sp³-hybridized carbons (Fsp3) is 0.812. The van der Waals surface area contributed by atoms with E-state index in [1.807, 2.05) is 15.8 Å². The highest BCUT2D eigenvalue weighted by atomic mass is 16.5. The quantitative estimate of drug-likeness (QED) is 0.915. The van der Waals surface area contributed by atoms with E-state index in [-0.39, 0.29) is 17.7 Å². The standard InChI is InChI=1S/C16H27N5O2/c1-16(2)6-3-14(23-16)11-17-15(22)20-8-4-13(5-9-20)12-21-10-7-18-19-21/h7,10,13-14H,3-6,8-9,11-12H2,1-2H3,(H,17,22)/t14-/m0/s1. The highest BCUT2D eigenvalue weighted by molar-refractivity contribution is 5.74. The van der Waals surface area contributed by atoms with Crippen LogP contribution in [-0.4, -0.2) is 57.3 Å². The Morgan fingerprint density at radius 3 is 2.74 bits per heavy atom. The van der Waals surface area contributed by atoms with Crippen LogP contribution in [0.5, 0.6) is 0 Å². The summed E-state index contributed by atoms with van der Waals surface area (Å²) in [4.78, 5) is 14.2. The molecule has 7 heteroatoms. The highest BCUT2D eigenvalue weighted by Crippen LogP contribution is 2.28. The van der Waals surface area contributed by atoms with Gasteiger partial charge in [0.15, 0.2) is 0 Å². The average molecular weight is 321 g/mol. The van der Waals surface area contributed by atoms with Gasteiger partial charge in [0.2, 0.25) is 0 Å². The molecule has 0 spiro atoms. The molecule has 2 amide bonds. The monoisotopic (exact) mass is 321 g/mol. The lowest BCUT2D eigenvalue weighted by atomic mass is 9.97. The molecule has 3 rings (SSSR count). The summed E-state index contributed by atoms with van der Waals surface area (Å²) < 4.78 is 7.79. The first-order valence-electron chi connectivity index (χ1n) is 8.56. The number of carbonyl (C=O) groups is 1. The average Bonchev–Trinajstić information content (AvgIpc) is 3.15. The van der Waals surface area contributed by atoms with E-state index in [9.17, 15) is 4.79 Å². The van der Waals surface area contributed by atoms with Crippen molar-refractivity contribution in [1.29, 1.82) is 0 Å². The van der Waals surface area contributed by atoms with Crippen LogP contribution in [0, 0.1) is 5.92 Å². The minimum atomic E-state index is -0.0465. The van der Waals surface area contributed by atoms with E-state index in [0.29, 0.717) is 12.5 Å². The number of ether oxygens (including phenoxy) is 1. The van der Waals surface area contributed by atoms with Crippen LogP contribution >= 0.6 is 0 Å². The number of nitrogens with zero attached hydrogens (tertiary/aromatic N) is 4. The molecule has 128 valence electrons. The van der Waals surface area contributed by atoms with Gasteiger partial charge in [0.05, 0.1) is 17.9 Å². The van der Waals surface area contributed by atoms with Gasteiger partial charge in [-0.15, -0.1) is 5.10 Å². The molecule has 2 aliphatic rings. The Labute approximate surface area is 137 Å². The number of hydrogen-bond donors (Lipinski definition) is 1. The zero-order chi connectivity index (χ0) is 16.3. The van der Waals surface area contributed by atoms with Crippen molar-refractivity contribution in [2.45, 2.75) is 57.8 Å². The summed E-state index contributed by atoms with van der Waals surface area (Å²) in [6.45, 7) is 7.33. The van der Waals surface area contributed by atoms with Crippen molar-refractivity contribution in [3.05, 3.63) is 12.4 Å². The Bertz CT molecular complexity index is 509. The van der Waals surface area contributed by atoms with Gasteiger partial charge >= 0.3 is 6.03 Å². The van der Waals surface area contributed by atoms with E-state index in [2.05, 4.69) is 29.5 Å². The van der Waals surface area contributed by atoms with Crippen LogP contribution < -0.4 is 5.32 Å². The van der Waals surface area contributed by atoms with Crippen molar-refractivity contribution in [3.63, 3.8) is 0 Å². The second kappa shape index (κ2) is 6.86. The maximum absolute atomic E-state index is 12.3. The normalized spacial score (nSPS) is 24.8. The SMILES string of the molecule is CC1(C)CC[C@@H](CNC(=O)N2CCC(Cn3ccnn3)CC2)O1. The van der Waals surface area contributed by atoms with Gasteiger partial charge in [0, 0.05) is 32.4 Å². The van der Waals surface area contributed by atoms with Crippen LogP contribution in [0.2, 0.25) is 0 Å². The van der Waals surface area contributed by atoms with Gasteiger partial charge in [-0.3, -0.25) is 4.68 Å². The number of urea groups is 1. The molecule has 3 heterocycles. The van der Waals surface area contributed by atoms with E-state index in [1.54, 1.807) is 6.20 Å². The van der Waals surface area contributed by atoms with E-state index in [1.165, 1.54) is 0 Å². The molecule has 7 nitrogen and oxygen atoms in total. The van der Waals surface area contributed by atoms with Gasteiger partial charge in [0.25, 0.3) is 0 Å². The summed E-state index contributed by atoms with van der Waals surface area (Å²) >= 11 is 0. The molecule has 2 fully saturated rings. The zero-order valence-electron chi connectivity index (χ0n) is 14.1. The first kappa shape index (κ1) is 16.2. The Morgan fingerprint density at radius 1 is 1.35 bits per heavy atom. The topological polar surface area (TPSA) is 72.3 Å². The number of amides is 2. The molecule has 0 saturated carbocycles. The van der Waals surface area contributed by atoms with Gasteiger partial charge in [-0.25, -0.2) is 4.79 Å². The summed E-state index contributed by atoms with van der Waals surface area (Å²) in [5.41, 5.74) is -0.0465. The zero-order valence-corrected chi connectivity index (χ0v) is 14.1. The first-order valence-corrected chi connectivity index (χ1v) is 8.56.